The van der Waals surface area contributed by atoms with Crippen molar-refractivity contribution < 1.29 is 4.74 Å². The maximum Gasteiger partial charge on any atom is 0.0771 e. The molecule has 0 bridgehead atoms. The maximum atomic E-state index is 6.27. The minimum atomic E-state index is 0.266. The van der Waals surface area contributed by atoms with Crippen molar-refractivity contribution in [1.29, 1.82) is 0 Å². The molecule has 0 aliphatic heterocycles. The van der Waals surface area contributed by atoms with Gasteiger partial charge in [-0.2, -0.15) is 0 Å². The fourth-order valence-corrected chi connectivity index (χ4v) is 3.00. The molecule has 1 saturated carbocycles. The van der Waals surface area contributed by atoms with E-state index in [-0.39, 0.29) is 6.10 Å². The van der Waals surface area contributed by atoms with E-state index in [4.69, 9.17) is 4.74 Å². The SMILES string of the molecule is C=C(C=NCC(CC)OC1CCC(C(C)(C)C)CC1)CC. The molecule has 1 aliphatic carbocycles. The highest BCUT2D eigenvalue weighted by molar-refractivity contribution is 5.77. The largest absolute Gasteiger partial charge is 0.373 e. The Balaban J connectivity index is 2.35. The van der Waals surface area contributed by atoms with Crippen LogP contribution in [0.1, 0.15) is 73.1 Å². The molecule has 1 atom stereocenters. The van der Waals surface area contributed by atoms with E-state index in [0.717, 1.165) is 30.9 Å². The summed E-state index contributed by atoms with van der Waals surface area (Å²) in [5, 5.41) is 0. The van der Waals surface area contributed by atoms with Gasteiger partial charge in [-0.25, -0.2) is 0 Å². The second kappa shape index (κ2) is 8.73. The Morgan fingerprint density at radius 1 is 1.24 bits per heavy atom. The van der Waals surface area contributed by atoms with Gasteiger partial charge >= 0.3 is 0 Å². The summed E-state index contributed by atoms with van der Waals surface area (Å²) in [4.78, 5) is 4.48. The highest BCUT2D eigenvalue weighted by Crippen LogP contribution is 2.38. The van der Waals surface area contributed by atoms with Crippen LogP contribution in [-0.2, 0) is 4.74 Å². The molecule has 2 nitrogen and oxygen atoms in total. The number of ether oxygens (including phenoxy) is 1. The van der Waals surface area contributed by atoms with Crippen molar-refractivity contribution >= 4 is 6.21 Å². The van der Waals surface area contributed by atoms with Gasteiger partial charge in [-0.15, -0.1) is 0 Å². The first-order valence-corrected chi connectivity index (χ1v) is 8.69. The number of hydrogen-bond donors (Lipinski definition) is 0. The van der Waals surface area contributed by atoms with E-state index in [1.54, 1.807) is 0 Å². The van der Waals surface area contributed by atoms with Crippen LogP contribution in [-0.4, -0.2) is 25.0 Å². The number of hydrogen-bond acceptors (Lipinski definition) is 2. The first-order chi connectivity index (χ1) is 9.86. The van der Waals surface area contributed by atoms with Crippen molar-refractivity contribution in [2.75, 3.05) is 6.54 Å². The molecular weight excluding hydrogens is 258 g/mol. The molecule has 122 valence electrons. The van der Waals surface area contributed by atoms with Gasteiger partial charge in [-0.05, 0) is 55.4 Å². The van der Waals surface area contributed by atoms with Gasteiger partial charge in [0.15, 0.2) is 0 Å². The molecule has 0 saturated heterocycles. The van der Waals surface area contributed by atoms with Crippen LogP contribution < -0.4 is 0 Å². The molecular formula is C19H35NO. The number of rotatable bonds is 7. The van der Waals surface area contributed by atoms with Crippen LogP contribution in [0, 0.1) is 11.3 Å². The molecule has 0 spiro atoms. The van der Waals surface area contributed by atoms with Crippen LogP contribution in [0.5, 0.6) is 0 Å². The monoisotopic (exact) mass is 293 g/mol. The van der Waals surface area contributed by atoms with E-state index in [0.29, 0.717) is 11.5 Å². The van der Waals surface area contributed by atoms with Crippen molar-refractivity contribution in [2.45, 2.75) is 85.4 Å². The summed E-state index contributed by atoms with van der Waals surface area (Å²) in [5.74, 6) is 0.850. The van der Waals surface area contributed by atoms with Crippen LogP contribution in [0.3, 0.4) is 0 Å². The zero-order valence-corrected chi connectivity index (χ0v) is 14.8. The van der Waals surface area contributed by atoms with Crippen molar-refractivity contribution in [2.24, 2.45) is 16.3 Å². The topological polar surface area (TPSA) is 21.6 Å². The molecule has 0 N–H and O–H groups in total. The van der Waals surface area contributed by atoms with Crippen LogP contribution in [0.15, 0.2) is 17.1 Å². The molecule has 0 aromatic carbocycles. The molecule has 0 heterocycles. The minimum absolute atomic E-state index is 0.266. The van der Waals surface area contributed by atoms with Crippen LogP contribution in [0.2, 0.25) is 0 Å². The Labute approximate surface area is 132 Å². The van der Waals surface area contributed by atoms with Gasteiger partial charge in [-0.3, -0.25) is 4.99 Å². The average molecular weight is 293 g/mol. The number of allylic oxidation sites excluding steroid dienone is 1. The van der Waals surface area contributed by atoms with E-state index in [1.807, 2.05) is 6.21 Å². The standard InChI is InChI=1S/C19H35NO/c1-7-15(3)13-20-14-17(8-2)21-18-11-9-16(10-12-18)19(4,5)6/h13,16-18H,3,7-12,14H2,1-2,4-6H3. The van der Waals surface area contributed by atoms with Crippen LogP contribution in [0.25, 0.3) is 0 Å². The lowest BCUT2D eigenvalue weighted by atomic mass is 9.72. The third-order valence-corrected chi connectivity index (χ3v) is 4.78. The quantitative estimate of drug-likeness (QED) is 0.574. The molecule has 0 aromatic rings. The minimum Gasteiger partial charge on any atom is -0.373 e. The molecule has 1 fully saturated rings. The summed E-state index contributed by atoms with van der Waals surface area (Å²) >= 11 is 0. The fourth-order valence-electron chi connectivity index (χ4n) is 3.00. The molecule has 1 aliphatic rings. The maximum absolute atomic E-state index is 6.27. The normalized spacial score (nSPS) is 25.2. The predicted molar refractivity (Wildman–Crippen MR) is 93.2 cm³/mol. The number of aliphatic imine (C=N–C) groups is 1. The predicted octanol–water partition coefficient (Wildman–Crippen LogP) is 5.42. The lowest BCUT2D eigenvalue weighted by Gasteiger charge is -2.37. The summed E-state index contributed by atoms with van der Waals surface area (Å²) in [7, 11) is 0. The van der Waals surface area contributed by atoms with Gasteiger partial charge in [0.05, 0.1) is 18.8 Å². The summed E-state index contributed by atoms with van der Waals surface area (Å²) in [6.07, 6.45) is 9.66. The van der Waals surface area contributed by atoms with E-state index in [1.165, 1.54) is 25.7 Å². The molecule has 21 heavy (non-hydrogen) atoms. The van der Waals surface area contributed by atoms with Crippen molar-refractivity contribution in [3.05, 3.63) is 12.2 Å². The Kier molecular flexibility index (Phi) is 7.65. The van der Waals surface area contributed by atoms with Crippen molar-refractivity contribution in [3.63, 3.8) is 0 Å². The van der Waals surface area contributed by atoms with Gasteiger partial charge < -0.3 is 4.74 Å². The molecule has 0 amide bonds. The first-order valence-electron chi connectivity index (χ1n) is 8.69. The van der Waals surface area contributed by atoms with Gasteiger partial charge in [0.2, 0.25) is 0 Å². The Morgan fingerprint density at radius 2 is 1.86 bits per heavy atom. The van der Waals surface area contributed by atoms with E-state index >= 15 is 0 Å². The third kappa shape index (κ3) is 6.78. The Morgan fingerprint density at radius 3 is 2.33 bits per heavy atom. The van der Waals surface area contributed by atoms with Crippen LogP contribution in [0.4, 0.5) is 0 Å². The average Bonchev–Trinajstić information content (AvgIpc) is 2.45. The summed E-state index contributed by atoms with van der Waals surface area (Å²) in [6, 6.07) is 0. The number of nitrogens with zero attached hydrogens (tertiary/aromatic N) is 1. The lowest BCUT2D eigenvalue weighted by molar-refractivity contribution is -0.0414. The summed E-state index contributed by atoms with van der Waals surface area (Å²) in [6.45, 7) is 16.1. The fraction of sp³-hybridized carbons (Fsp3) is 0.842. The molecule has 0 aromatic heterocycles. The third-order valence-electron chi connectivity index (χ3n) is 4.78. The first kappa shape index (κ1) is 18.4. The molecule has 0 radical (unpaired) electrons. The smallest absolute Gasteiger partial charge is 0.0771 e. The van der Waals surface area contributed by atoms with Crippen LogP contribution >= 0.6 is 0 Å². The Bertz CT molecular complexity index is 332. The summed E-state index contributed by atoms with van der Waals surface area (Å²) < 4.78 is 6.27. The molecule has 2 heteroatoms. The van der Waals surface area contributed by atoms with Crippen molar-refractivity contribution in [3.8, 4) is 0 Å². The highest BCUT2D eigenvalue weighted by Gasteiger charge is 2.30. The highest BCUT2D eigenvalue weighted by atomic mass is 16.5. The van der Waals surface area contributed by atoms with Gasteiger partial charge in [0.25, 0.3) is 0 Å². The zero-order valence-electron chi connectivity index (χ0n) is 14.8. The van der Waals surface area contributed by atoms with Gasteiger partial charge in [0.1, 0.15) is 0 Å². The van der Waals surface area contributed by atoms with E-state index in [2.05, 4.69) is 46.2 Å². The molecule has 1 rings (SSSR count). The zero-order chi connectivity index (χ0) is 15.9. The van der Waals surface area contributed by atoms with Crippen molar-refractivity contribution in [1.82, 2.24) is 0 Å². The summed E-state index contributed by atoms with van der Waals surface area (Å²) in [5.41, 5.74) is 1.54. The van der Waals surface area contributed by atoms with Gasteiger partial charge in [-0.1, -0.05) is 41.2 Å². The van der Waals surface area contributed by atoms with E-state index in [9.17, 15) is 0 Å². The Hall–Kier alpha value is -0.630. The second-order valence-corrected chi connectivity index (χ2v) is 7.51. The lowest BCUT2D eigenvalue weighted by Crippen LogP contribution is -2.32. The second-order valence-electron chi connectivity index (χ2n) is 7.51. The van der Waals surface area contributed by atoms with E-state index < -0.39 is 0 Å². The van der Waals surface area contributed by atoms with Gasteiger partial charge in [0, 0.05) is 6.21 Å². The molecule has 1 unspecified atom stereocenters.